The number of aryl methyl sites for hydroxylation is 2. The molecule has 0 saturated carbocycles. The van der Waals surface area contributed by atoms with E-state index in [1.807, 2.05) is 0 Å². The van der Waals surface area contributed by atoms with Gasteiger partial charge < -0.3 is 10.6 Å². The van der Waals surface area contributed by atoms with Crippen molar-refractivity contribution in [3.05, 3.63) is 33.9 Å². The summed E-state index contributed by atoms with van der Waals surface area (Å²) in [5.74, 6) is 0.434. The fraction of sp³-hybridized carbons (Fsp3) is 0.600. The molecule has 0 aliphatic carbocycles. The highest BCUT2D eigenvalue weighted by molar-refractivity contribution is 5.46. The zero-order chi connectivity index (χ0) is 13.2. The van der Waals surface area contributed by atoms with Crippen molar-refractivity contribution in [1.29, 1.82) is 0 Å². The van der Waals surface area contributed by atoms with Gasteiger partial charge in [0.15, 0.2) is 0 Å². The molecule has 0 heterocycles. The van der Waals surface area contributed by atoms with Gasteiger partial charge in [-0.1, -0.05) is 6.07 Å². The minimum atomic E-state index is 0.434. The van der Waals surface area contributed by atoms with Gasteiger partial charge in [-0.25, -0.2) is 0 Å². The molecular weight excluding hydrogens is 208 g/mol. The van der Waals surface area contributed by atoms with Crippen LogP contribution in [-0.2, 0) is 0 Å². The molecule has 2 heteroatoms. The van der Waals surface area contributed by atoms with E-state index in [2.05, 4.69) is 52.8 Å². The quantitative estimate of drug-likeness (QED) is 0.867. The van der Waals surface area contributed by atoms with Gasteiger partial charge in [0.25, 0.3) is 0 Å². The Kier molecular flexibility index (Phi) is 4.72. The van der Waals surface area contributed by atoms with Crippen LogP contribution in [0.1, 0.15) is 33.7 Å². The van der Waals surface area contributed by atoms with E-state index in [1.54, 1.807) is 0 Å². The third-order valence-corrected chi connectivity index (χ3v) is 3.70. The zero-order valence-corrected chi connectivity index (χ0v) is 12.1. The number of nitrogens with two attached hydrogens (primary N) is 1. The number of likely N-dealkylation sites (N-methyl/N-ethyl adjacent to an activating group) is 1. The van der Waals surface area contributed by atoms with Gasteiger partial charge in [0, 0.05) is 19.0 Å². The molecule has 1 atom stereocenters. The third kappa shape index (κ3) is 3.08. The summed E-state index contributed by atoms with van der Waals surface area (Å²) in [4.78, 5) is 2.22. The predicted molar refractivity (Wildman–Crippen MR) is 75.7 cm³/mol. The van der Waals surface area contributed by atoms with Crippen LogP contribution in [-0.4, -0.2) is 32.1 Å². The molecule has 0 aliphatic heterocycles. The molecule has 2 N–H and O–H groups in total. The van der Waals surface area contributed by atoms with E-state index in [-0.39, 0.29) is 0 Å². The van der Waals surface area contributed by atoms with Crippen molar-refractivity contribution < 1.29 is 0 Å². The first kappa shape index (κ1) is 14.2. The van der Waals surface area contributed by atoms with Crippen molar-refractivity contribution in [2.75, 3.05) is 27.2 Å². The van der Waals surface area contributed by atoms with E-state index in [1.165, 1.54) is 27.8 Å². The lowest BCUT2D eigenvalue weighted by Gasteiger charge is -2.25. The lowest BCUT2D eigenvalue weighted by Crippen LogP contribution is -2.27. The van der Waals surface area contributed by atoms with E-state index < -0.39 is 0 Å². The highest BCUT2D eigenvalue weighted by Gasteiger charge is 2.18. The number of hydrogen-bond acceptors (Lipinski definition) is 2. The Labute approximate surface area is 106 Å². The van der Waals surface area contributed by atoms with E-state index in [0.29, 0.717) is 12.5 Å². The van der Waals surface area contributed by atoms with E-state index in [4.69, 9.17) is 5.73 Å². The van der Waals surface area contributed by atoms with Crippen LogP contribution in [0.4, 0.5) is 0 Å². The maximum Gasteiger partial charge on any atom is 0.00940 e. The molecule has 96 valence electrons. The van der Waals surface area contributed by atoms with Crippen molar-refractivity contribution in [3.8, 4) is 0 Å². The monoisotopic (exact) mass is 234 g/mol. The summed E-state index contributed by atoms with van der Waals surface area (Å²) in [5, 5.41) is 0. The van der Waals surface area contributed by atoms with Crippen LogP contribution >= 0.6 is 0 Å². The van der Waals surface area contributed by atoms with Gasteiger partial charge >= 0.3 is 0 Å². The number of nitrogens with zero attached hydrogens (tertiary/aromatic N) is 1. The van der Waals surface area contributed by atoms with Gasteiger partial charge in [-0.3, -0.25) is 0 Å². The van der Waals surface area contributed by atoms with Crippen LogP contribution in [0, 0.1) is 27.7 Å². The fourth-order valence-corrected chi connectivity index (χ4v) is 2.58. The Morgan fingerprint density at radius 3 is 1.88 bits per heavy atom. The van der Waals surface area contributed by atoms with Gasteiger partial charge in [-0.2, -0.15) is 0 Å². The van der Waals surface area contributed by atoms with Crippen LogP contribution in [0.5, 0.6) is 0 Å². The predicted octanol–water partition coefficient (Wildman–Crippen LogP) is 2.52. The molecule has 1 rings (SSSR count). The van der Waals surface area contributed by atoms with Crippen molar-refractivity contribution in [2.24, 2.45) is 5.73 Å². The Bertz CT molecular complexity index is 368. The van der Waals surface area contributed by atoms with Crippen molar-refractivity contribution in [3.63, 3.8) is 0 Å². The van der Waals surface area contributed by atoms with E-state index in [9.17, 15) is 0 Å². The molecule has 0 radical (unpaired) electrons. The Morgan fingerprint density at radius 1 is 1.06 bits per heavy atom. The van der Waals surface area contributed by atoms with E-state index in [0.717, 1.165) is 6.54 Å². The second kappa shape index (κ2) is 5.65. The molecule has 0 fully saturated rings. The van der Waals surface area contributed by atoms with Crippen molar-refractivity contribution in [1.82, 2.24) is 4.90 Å². The standard InChI is InChI=1S/C15H26N2/c1-10-7-11(2)13(4)15(12(10)3)14(8-16)9-17(5)6/h7,14H,8-9,16H2,1-6H3. The van der Waals surface area contributed by atoms with Crippen LogP contribution in [0.25, 0.3) is 0 Å². The summed E-state index contributed by atoms with van der Waals surface area (Å²) in [6.07, 6.45) is 0. The summed E-state index contributed by atoms with van der Waals surface area (Å²) in [6, 6.07) is 2.28. The molecular formula is C15H26N2. The molecule has 17 heavy (non-hydrogen) atoms. The van der Waals surface area contributed by atoms with Gasteiger partial charge in [0.1, 0.15) is 0 Å². The summed E-state index contributed by atoms with van der Waals surface area (Å²) in [7, 11) is 4.21. The first-order chi connectivity index (χ1) is 7.88. The Hall–Kier alpha value is -0.860. The third-order valence-electron chi connectivity index (χ3n) is 3.70. The molecule has 0 bridgehead atoms. The van der Waals surface area contributed by atoms with Gasteiger partial charge in [-0.15, -0.1) is 0 Å². The lowest BCUT2D eigenvalue weighted by molar-refractivity contribution is 0.374. The Morgan fingerprint density at radius 2 is 1.53 bits per heavy atom. The maximum atomic E-state index is 5.96. The summed E-state index contributed by atoms with van der Waals surface area (Å²) >= 11 is 0. The van der Waals surface area contributed by atoms with Crippen LogP contribution in [0.2, 0.25) is 0 Å². The van der Waals surface area contributed by atoms with Crippen molar-refractivity contribution >= 4 is 0 Å². The normalized spacial score (nSPS) is 13.2. The largest absolute Gasteiger partial charge is 0.330 e. The highest BCUT2D eigenvalue weighted by Crippen LogP contribution is 2.28. The lowest BCUT2D eigenvalue weighted by atomic mass is 9.86. The molecule has 1 aromatic carbocycles. The molecule has 0 amide bonds. The molecule has 1 unspecified atom stereocenters. The second-order valence-corrected chi connectivity index (χ2v) is 5.37. The maximum absolute atomic E-state index is 5.96. The minimum Gasteiger partial charge on any atom is -0.330 e. The van der Waals surface area contributed by atoms with E-state index >= 15 is 0 Å². The molecule has 0 saturated heterocycles. The SMILES string of the molecule is Cc1cc(C)c(C)c(C(CN)CN(C)C)c1C. The van der Waals surface area contributed by atoms with Crippen LogP contribution in [0.15, 0.2) is 6.07 Å². The first-order valence-corrected chi connectivity index (χ1v) is 6.30. The Balaban J connectivity index is 3.27. The average molecular weight is 234 g/mol. The van der Waals surface area contributed by atoms with Gasteiger partial charge in [-0.05, 0) is 69.6 Å². The van der Waals surface area contributed by atoms with Crippen LogP contribution < -0.4 is 5.73 Å². The molecule has 0 spiro atoms. The first-order valence-electron chi connectivity index (χ1n) is 6.30. The number of hydrogen-bond donors (Lipinski definition) is 1. The topological polar surface area (TPSA) is 29.3 Å². The summed E-state index contributed by atoms with van der Waals surface area (Å²) < 4.78 is 0. The van der Waals surface area contributed by atoms with Crippen molar-refractivity contribution in [2.45, 2.75) is 33.6 Å². The average Bonchev–Trinajstić information content (AvgIpc) is 2.24. The summed E-state index contributed by atoms with van der Waals surface area (Å²) in [6.45, 7) is 10.5. The minimum absolute atomic E-state index is 0.434. The molecule has 0 aromatic heterocycles. The summed E-state index contributed by atoms with van der Waals surface area (Å²) in [5.41, 5.74) is 13.0. The van der Waals surface area contributed by atoms with Gasteiger partial charge in [0.05, 0.1) is 0 Å². The molecule has 2 nitrogen and oxygen atoms in total. The number of benzene rings is 1. The van der Waals surface area contributed by atoms with Gasteiger partial charge in [0.2, 0.25) is 0 Å². The molecule has 1 aromatic rings. The zero-order valence-electron chi connectivity index (χ0n) is 12.1. The second-order valence-electron chi connectivity index (χ2n) is 5.37. The number of rotatable bonds is 4. The highest BCUT2D eigenvalue weighted by atomic mass is 15.1. The smallest absolute Gasteiger partial charge is 0.00940 e. The van der Waals surface area contributed by atoms with Crippen LogP contribution in [0.3, 0.4) is 0 Å². The fourth-order valence-electron chi connectivity index (χ4n) is 2.58. The molecule has 0 aliphatic rings.